The van der Waals surface area contributed by atoms with E-state index in [1.807, 2.05) is 0 Å². The minimum absolute atomic E-state index is 0.0532. The Hall–Kier alpha value is -1.72. The molecule has 0 aliphatic rings. The zero-order chi connectivity index (χ0) is 13.1. The monoisotopic (exact) mass is 285 g/mol. The summed E-state index contributed by atoms with van der Waals surface area (Å²) in [5.41, 5.74) is 5.51. The van der Waals surface area contributed by atoms with Crippen LogP contribution in [-0.4, -0.2) is 17.1 Å². The maximum Gasteiger partial charge on any atom is 0.227 e. The fourth-order valence-electron chi connectivity index (χ4n) is 1.29. The molecule has 0 amide bonds. The van der Waals surface area contributed by atoms with E-state index in [4.69, 9.17) is 38.4 Å². The Morgan fingerprint density at radius 3 is 2.22 bits per heavy atom. The molecule has 1 aromatic heterocycles. The van der Waals surface area contributed by atoms with E-state index in [0.717, 1.165) is 0 Å². The highest BCUT2D eigenvalue weighted by molar-refractivity contribution is 6.34. The Morgan fingerprint density at radius 2 is 1.61 bits per heavy atom. The minimum atomic E-state index is 0.0532. The van der Waals surface area contributed by atoms with Crippen molar-refractivity contribution in [3.63, 3.8) is 0 Å². The first-order valence-corrected chi connectivity index (χ1v) is 5.65. The first-order chi connectivity index (χ1) is 8.56. The molecule has 18 heavy (non-hydrogen) atoms. The van der Waals surface area contributed by atoms with Crippen molar-refractivity contribution < 1.29 is 9.47 Å². The van der Waals surface area contributed by atoms with Crippen LogP contribution in [0.25, 0.3) is 0 Å². The second-order valence-electron chi connectivity index (χ2n) is 3.31. The summed E-state index contributed by atoms with van der Waals surface area (Å²) in [6.45, 7) is 0. The predicted octanol–water partition coefficient (Wildman–Crippen LogP) is 3.17. The number of methoxy groups -OCH3 is 1. The van der Waals surface area contributed by atoms with E-state index in [-0.39, 0.29) is 11.8 Å². The lowest BCUT2D eigenvalue weighted by molar-refractivity contribution is 0.389. The molecule has 1 aromatic carbocycles. The van der Waals surface area contributed by atoms with Crippen molar-refractivity contribution in [3.05, 3.63) is 34.3 Å². The number of anilines is 1. The summed E-state index contributed by atoms with van der Waals surface area (Å²) in [6, 6.07) is 6.33. The van der Waals surface area contributed by atoms with Crippen LogP contribution in [0.4, 0.5) is 5.95 Å². The fraction of sp³-hybridized carbons (Fsp3) is 0.0909. The maximum absolute atomic E-state index is 5.86. The van der Waals surface area contributed by atoms with Crippen LogP contribution >= 0.6 is 23.2 Å². The van der Waals surface area contributed by atoms with Gasteiger partial charge in [0, 0.05) is 10.0 Å². The van der Waals surface area contributed by atoms with Gasteiger partial charge in [-0.3, -0.25) is 0 Å². The molecule has 0 aliphatic carbocycles. The van der Waals surface area contributed by atoms with Crippen molar-refractivity contribution in [1.29, 1.82) is 0 Å². The number of nitrogens with two attached hydrogens (primary N) is 1. The SMILES string of the molecule is COc1cc(Oc2cc(Cl)cc(Cl)c2)nc(N)n1. The third-order valence-corrected chi connectivity index (χ3v) is 2.40. The Morgan fingerprint density at radius 1 is 1.00 bits per heavy atom. The average Bonchev–Trinajstić information content (AvgIpc) is 2.26. The van der Waals surface area contributed by atoms with Gasteiger partial charge in [-0.25, -0.2) is 0 Å². The van der Waals surface area contributed by atoms with Crippen LogP contribution in [0.3, 0.4) is 0 Å². The molecule has 0 saturated heterocycles. The molecule has 2 aromatic rings. The Bertz CT molecular complexity index is 558. The van der Waals surface area contributed by atoms with Gasteiger partial charge in [0.1, 0.15) is 5.75 Å². The number of nitrogen functional groups attached to an aromatic ring is 1. The molecule has 5 nitrogen and oxygen atoms in total. The molecular formula is C11H9Cl2N3O2. The van der Waals surface area contributed by atoms with E-state index >= 15 is 0 Å². The third-order valence-electron chi connectivity index (χ3n) is 1.96. The van der Waals surface area contributed by atoms with Crippen molar-refractivity contribution in [2.24, 2.45) is 0 Å². The lowest BCUT2D eigenvalue weighted by Gasteiger charge is -2.07. The Balaban J connectivity index is 2.30. The van der Waals surface area contributed by atoms with E-state index in [1.165, 1.54) is 13.2 Å². The van der Waals surface area contributed by atoms with E-state index in [2.05, 4.69) is 9.97 Å². The molecule has 0 bridgehead atoms. The lowest BCUT2D eigenvalue weighted by Crippen LogP contribution is -1.99. The molecular weight excluding hydrogens is 277 g/mol. The van der Waals surface area contributed by atoms with Crippen molar-refractivity contribution in [1.82, 2.24) is 9.97 Å². The molecule has 94 valence electrons. The number of benzene rings is 1. The van der Waals surface area contributed by atoms with Crippen molar-refractivity contribution >= 4 is 29.2 Å². The second-order valence-corrected chi connectivity index (χ2v) is 4.19. The van der Waals surface area contributed by atoms with Gasteiger partial charge >= 0.3 is 0 Å². The lowest BCUT2D eigenvalue weighted by atomic mass is 10.3. The van der Waals surface area contributed by atoms with E-state index in [9.17, 15) is 0 Å². The second kappa shape index (κ2) is 5.29. The van der Waals surface area contributed by atoms with Crippen molar-refractivity contribution in [2.45, 2.75) is 0 Å². The molecule has 0 saturated carbocycles. The number of rotatable bonds is 3. The quantitative estimate of drug-likeness (QED) is 0.938. The summed E-state index contributed by atoms with van der Waals surface area (Å²) in [6.07, 6.45) is 0. The molecule has 7 heteroatoms. The third kappa shape index (κ3) is 3.15. The summed E-state index contributed by atoms with van der Waals surface area (Å²) in [7, 11) is 1.47. The molecule has 0 spiro atoms. The van der Waals surface area contributed by atoms with E-state index in [1.54, 1.807) is 18.2 Å². The molecule has 1 heterocycles. The summed E-state index contributed by atoms with van der Waals surface area (Å²) < 4.78 is 10.4. The molecule has 0 unspecified atom stereocenters. The first-order valence-electron chi connectivity index (χ1n) is 4.89. The van der Waals surface area contributed by atoms with Crippen LogP contribution in [0.1, 0.15) is 0 Å². The number of nitrogens with zero attached hydrogens (tertiary/aromatic N) is 2. The van der Waals surface area contributed by atoms with Crippen LogP contribution in [0.15, 0.2) is 24.3 Å². The van der Waals surface area contributed by atoms with Gasteiger partial charge in [-0.05, 0) is 18.2 Å². The normalized spacial score (nSPS) is 10.2. The molecule has 0 radical (unpaired) electrons. The minimum Gasteiger partial charge on any atom is -0.481 e. The Labute approximate surface area is 113 Å². The summed E-state index contributed by atoms with van der Waals surface area (Å²) in [4.78, 5) is 7.76. The molecule has 0 aliphatic heterocycles. The van der Waals surface area contributed by atoms with Gasteiger partial charge in [0.05, 0.1) is 13.2 Å². The van der Waals surface area contributed by atoms with Crippen molar-refractivity contribution in [3.8, 4) is 17.5 Å². The first kappa shape index (κ1) is 12.7. The highest BCUT2D eigenvalue weighted by Crippen LogP contribution is 2.28. The van der Waals surface area contributed by atoms with Gasteiger partial charge in [-0.15, -0.1) is 0 Å². The molecule has 2 rings (SSSR count). The van der Waals surface area contributed by atoms with Gasteiger partial charge in [-0.1, -0.05) is 23.2 Å². The predicted molar refractivity (Wildman–Crippen MR) is 69.5 cm³/mol. The van der Waals surface area contributed by atoms with Crippen LogP contribution in [-0.2, 0) is 0 Å². The number of ether oxygens (including phenoxy) is 2. The van der Waals surface area contributed by atoms with Crippen LogP contribution < -0.4 is 15.2 Å². The highest BCUT2D eigenvalue weighted by atomic mass is 35.5. The zero-order valence-corrected chi connectivity index (χ0v) is 10.9. The van der Waals surface area contributed by atoms with Gasteiger partial charge in [-0.2, -0.15) is 9.97 Å². The smallest absolute Gasteiger partial charge is 0.227 e. The van der Waals surface area contributed by atoms with E-state index in [0.29, 0.717) is 21.7 Å². The standard InChI is InChI=1S/C11H9Cl2N3O2/c1-17-9-5-10(16-11(14)15-9)18-8-3-6(12)2-7(13)4-8/h2-5H,1H3,(H2,14,15,16). The average molecular weight is 286 g/mol. The van der Waals surface area contributed by atoms with Crippen LogP contribution in [0.2, 0.25) is 10.0 Å². The highest BCUT2D eigenvalue weighted by Gasteiger charge is 2.06. The maximum atomic E-state index is 5.86. The van der Waals surface area contributed by atoms with Crippen LogP contribution in [0.5, 0.6) is 17.5 Å². The number of hydrogen-bond donors (Lipinski definition) is 1. The summed E-state index contributed by atoms with van der Waals surface area (Å²) in [5.74, 6) is 1.06. The molecule has 0 atom stereocenters. The van der Waals surface area contributed by atoms with Gasteiger partial charge in [0.15, 0.2) is 0 Å². The molecule has 0 fully saturated rings. The van der Waals surface area contributed by atoms with E-state index < -0.39 is 0 Å². The number of hydrogen-bond acceptors (Lipinski definition) is 5. The number of halogens is 2. The Kier molecular flexibility index (Phi) is 3.74. The van der Waals surface area contributed by atoms with Gasteiger partial charge in [0.25, 0.3) is 0 Å². The van der Waals surface area contributed by atoms with Crippen LogP contribution in [0, 0.1) is 0 Å². The summed E-state index contributed by atoms with van der Waals surface area (Å²) in [5, 5.41) is 0.929. The summed E-state index contributed by atoms with van der Waals surface area (Å²) >= 11 is 11.7. The van der Waals surface area contributed by atoms with Gasteiger partial charge in [0.2, 0.25) is 17.7 Å². The largest absolute Gasteiger partial charge is 0.481 e. The zero-order valence-electron chi connectivity index (χ0n) is 9.35. The topological polar surface area (TPSA) is 70.3 Å². The van der Waals surface area contributed by atoms with Crippen molar-refractivity contribution in [2.75, 3.05) is 12.8 Å². The molecule has 2 N–H and O–H groups in total. The fourth-order valence-corrected chi connectivity index (χ4v) is 1.79. The van der Waals surface area contributed by atoms with Gasteiger partial charge < -0.3 is 15.2 Å². The number of aromatic nitrogens is 2.